The van der Waals surface area contributed by atoms with Gasteiger partial charge in [0.1, 0.15) is 0 Å². The summed E-state index contributed by atoms with van der Waals surface area (Å²) in [6, 6.07) is 14.0. The Bertz CT molecular complexity index is 650. The maximum atomic E-state index is 11.8. The molecule has 0 unspecified atom stereocenters. The lowest BCUT2D eigenvalue weighted by atomic mass is 10.1. The highest BCUT2D eigenvalue weighted by Gasteiger charge is 2.02. The number of hydrogen-bond donors (Lipinski definition) is 2. The van der Waals surface area contributed by atoms with Crippen LogP contribution in [0.2, 0.25) is 5.02 Å². The van der Waals surface area contributed by atoms with Gasteiger partial charge in [-0.05, 0) is 61.2 Å². The van der Waals surface area contributed by atoms with Gasteiger partial charge in [0.05, 0.1) is 0 Å². The molecule has 0 spiro atoms. The van der Waals surface area contributed by atoms with Crippen molar-refractivity contribution in [3.8, 4) is 0 Å². The van der Waals surface area contributed by atoms with Crippen LogP contribution in [0.25, 0.3) is 0 Å². The first-order valence-corrected chi connectivity index (χ1v) is 8.24. The molecular weight excluding hydrogens is 308 g/mol. The van der Waals surface area contributed by atoms with Crippen LogP contribution in [0.15, 0.2) is 42.5 Å². The molecule has 0 fully saturated rings. The van der Waals surface area contributed by atoms with Crippen molar-refractivity contribution in [2.24, 2.45) is 0 Å². The summed E-state index contributed by atoms with van der Waals surface area (Å²) >= 11 is 5.94. The van der Waals surface area contributed by atoms with Crippen LogP contribution < -0.4 is 10.6 Å². The Morgan fingerprint density at radius 2 is 1.78 bits per heavy atom. The summed E-state index contributed by atoms with van der Waals surface area (Å²) in [6.07, 6.45) is 1.25. The van der Waals surface area contributed by atoms with Crippen molar-refractivity contribution in [3.05, 3.63) is 64.2 Å². The van der Waals surface area contributed by atoms with Gasteiger partial charge in [0.2, 0.25) is 5.91 Å². The van der Waals surface area contributed by atoms with Gasteiger partial charge >= 0.3 is 0 Å². The highest BCUT2D eigenvalue weighted by molar-refractivity contribution is 6.30. The van der Waals surface area contributed by atoms with E-state index in [4.69, 9.17) is 11.6 Å². The molecule has 0 aliphatic carbocycles. The zero-order valence-electron chi connectivity index (χ0n) is 13.7. The van der Waals surface area contributed by atoms with Crippen molar-refractivity contribution in [1.82, 2.24) is 5.32 Å². The molecule has 23 heavy (non-hydrogen) atoms. The third-order valence-electron chi connectivity index (χ3n) is 3.53. The fraction of sp³-hybridized carbons (Fsp3) is 0.316. The summed E-state index contributed by atoms with van der Waals surface area (Å²) < 4.78 is 0. The molecule has 0 heterocycles. The zero-order valence-corrected chi connectivity index (χ0v) is 14.4. The molecule has 3 nitrogen and oxygen atoms in total. The van der Waals surface area contributed by atoms with Crippen molar-refractivity contribution < 1.29 is 4.79 Å². The average Bonchev–Trinajstić information content (AvgIpc) is 2.46. The molecule has 2 rings (SSSR count). The quantitative estimate of drug-likeness (QED) is 0.802. The number of benzene rings is 2. The molecule has 0 aromatic heterocycles. The van der Waals surface area contributed by atoms with Crippen LogP contribution in [0.4, 0.5) is 5.69 Å². The predicted octanol–water partition coefficient (Wildman–Crippen LogP) is 4.12. The molecule has 2 N–H and O–H groups in total. The Balaban J connectivity index is 1.67. The van der Waals surface area contributed by atoms with Gasteiger partial charge in [-0.25, -0.2) is 0 Å². The Morgan fingerprint density at radius 1 is 1.04 bits per heavy atom. The van der Waals surface area contributed by atoms with Crippen LogP contribution in [-0.2, 0) is 11.2 Å². The van der Waals surface area contributed by atoms with Crippen LogP contribution in [0.1, 0.15) is 23.1 Å². The molecular formula is C19H23ClN2O. The lowest BCUT2D eigenvalue weighted by Crippen LogP contribution is -2.27. The Kier molecular flexibility index (Phi) is 6.48. The van der Waals surface area contributed by atoms with Crippen molar-refractivity contribution in [2.45, 2.75) is 26.7 Å². The lowest BCUT2D eigenvalue weighted by Gasteiger charge is -2.09. The summed E-state index contributed by atoms with van der Waals surface area (Å²) in [5, 5.41) is 6.96. The molecule has 0 saturated heterocycles. The minimum atomic E-state index is 0.0592. The first-order valence-electron chi connectivity index (χ1n) is 7.86. The van der Waals surface area contributed by atoms with Crippen LogP contribution in [0, 0.1) is 13.8 Å². The molecule has 122 valence electrons. The Hall–Kier alpha value is -2.00. The number of halogens is 1. The SMILES string of the molecule is Cc1cc(C)cc(NCCC(=O)NCCc2cccc(Cl)c2)c1. The minimum absolute atomic E-state index is 0.0592. The monoisotopic (exact) mass is 330 g/mol. The second-order valence-electron chi connectivity index (χ2n) is 5.78. The second-order valence-corrected chi connectivity index (χ2v) is 6.22. The summed E-state index contributed by atoms with van der Waals surface area (Å²) in [5.41, 5.74) is 4.64. The third kappa shape index (κ3) is 6.33. The van der Waals surface area contributed by atoms with E-state index < -0.39 is 0 Å². The summed E-state index contributed by atoms with van der Waals surface area (Å²) in [6.45, 7) is 5.40. The fourth-order valence-corrected chi connectivity index (χ4v) is 2.74. The predicted molar refractivity (Wildman–Crippen MR) is 97.2 cm³/mol. The zero-order chi connectivity index (χ0) is 16.7. The van der Waals surface area contributed by atoms with Gasteiger partial charge in [0, 0.05) is 30.2 Å². The van der Waals surface area contributed by atoms with E-state index in [-0.39, 0.29) is 5.91 Å². The van der Waals surface area contributed by atoms with E-state index in [0.717, 1.165) is 22.7 Å². The average molecular weight is 331 g/mol. The topological polar surface area (TPSA) is 41.1 Å². The maximum Gasteiger partial charge on any atom is 0.221 e. The van der Waals surface area contributed by atoms with E-state index in [1.54, 1.807) is 0 Å². The van der Waals surface area contributed by atoms with Crippen molar-refractivity contribution in [3.63, 3.8) is 0 Å². The molecule has 2 aromatic rings. The van der Waals surface area contributed by atoms with Gasteiger partial charge < -0.3 is 10.6 Å². The maximum absolute atomic E-state index is 11.8. The number of nitrogens with one attached hydrogen (secondary N) is 2. The molecule has 0 bridgehead atoms. The molecule has 4 heteroatoms. The van der Waals surface area contributed by atoms with Crippen molar-refractivity contribution >= 4 is 23.2 Å². The molecule has 0 aliphatic heterocycles. The number of rotatable bonds is 7. The second kappa shape index (κ2) is 8.59. The van der Waals surface area contributed by atoms with E-state index in [9.17, 15) is 4.79 Å². The van der Waals surface area contributed by atoms with Crippen LogP contribution in [0.5, 0.6) is 0 Å². The van der Waals surface area contributed by atoms with E-state index in [1.165, 1.54) is 11.1 Å². The standard InChI is InChI=1S/C19H23ClN2O/c1-14-10-15(2)12-18(11-14)21-9-7-19(23)22-8-6-16-4-3-5-17(20)13-16/h3-5,10-13,21H,6-9H2,1-2H3,(H,22,23). The summed E-state index contributed by atoms with van der Waals surface area (Å²) in [7, 11) is 0. The normalized spacial score (nSPS) is 10.4. The smallest absolute Gasteiger partial charge is 0.221 e. The first kappa shape index (κ1) is 17.4. The van der Waals surface area contributed by atoms with Gasteiger partial charge in [-0.1, -0.05) is 29.8 Å². The number of carbonyl (C=O) groups is 1. The molecule has 0 atom stereocenters. The molecule has 0 saturated carbocycles. The van der Waals surface area contributed by atoms with Gasteiger partial charge in [-0.3, -0.25) is 4.79 Å². The molecule has 1 amide bonds. The molecule has 0 aliphatic rings. The largest absolute Gasteiger partial charge is 0.385 e. The first-order chi connectivity index (χ1) is 11.0. The third-order valence-corrected chi connectivity index (χ3v) is 3.76. The number of aryl methyl sites for hydroxylation is 2. The van der Waals surface area contributed by atoms with Gasteiger partial charge in [-0.2, -0.15) is 0 Å². The Morgan fingerprint density at radius 3 is 2.48 bits per heavy atom. The molecule has 0 radical (unpaired) electrons. The minimum Gasteiger partial charge on any atom is -0.385 e. The summed E-state index contributed by atoms with van der Waals surface area (Å²) in [4.78, 5) is 11.8. The van der Waals surface area contributed by atoms with Gasteiger partial charge in [0.25, 0.3) is 0 Å². The van der Waals surface area contributed by atoms with E-state index in [2.05, 4.69) is 42.7 Å². The van der Waals surface area contributed by atoms with Crippen LogP contribution in [-0.4, -0.2) is 19.0 Å². The van der Waals surface area contributed by atoms with Crippen molar-refractivity contribution in [2.75, 3.05) is 18.4 Å². The van der Waals surface area contributed by atoms with E-state index in [1.807, 2.05) is 24.3 Å². The number of hydrogen-bond acceptors (Lipinski definition) is 2. The Labute approximate surface area is 143 Å². The van der Waals surface area contributed by atoms with Crippen molar-refractivity contribution in [1.29, 1.82) is 0 Å². The van der Waals surface area contributed by atoms with Crippen LogP contribution in [0.3, 0.4) is 0 Å². The molecule has 2 aromatic carbocycles. The number of carbonyl (C=O) groups excluding carboxylic acids is 1. The highest BCUT2D eigenvalue weighted by Crippen LogP contribution is 2.13. The summed E-state index contributed by atoms with van der Waals surface area (Å²) in [5.74, 6) is 0.0592. The number of amides is 1. The van der Waals surface area contributed by atoms with E-state index in [0.29, 0.717) is 19.5 Å². The fourth-order valence-electron chi connectivity index (χ4n) is 2.52. The van der Waals surface area contributed by atoms with Crippen LogP contribution >= 0.6 is 11.6 Å². The lowest BCUT2D eigenvalue weighted by molar-refractivity contribution is -0.120. The van der Waals surface area contributed by atoms with Gasteiger partial charge in [0.15, 0.2) is 0 Å². The highest BCUT2D eigenvalue weighted by atomic mass is 35.5. The van der Waals surface area contributed by atoms with E-state index >= 15 is 0 Å². The van der Waals surface area contributed by atoms with Gasteiger partial charge in [-0.15, -0.1) is 0 Å². The number of anilines is 1.